The molecule has 220 valence electrons. The van der Waals surface area contributed by atoms with Crippen molar-refractivity contribution in [3.05, 3.63) is 39.7 Å². The number of phenolic OH excluding ortho intramolecular Hbond substituents is 1. The van der Waals surface area contributed by atoms with Gasteiger partial charge in [0.2, 0.25) is 5.78 Å². The van der Waals surface area contributed by atoms with Crippen molar-refractivity contribution in [1.29, 1.82) is 0 Å². The predicted molar refractivity (Wildman–Crippen MR) is 150 cm³/mol. The van der Waals surface area contributed by atoms with Crippen molar-refractivity contribution >= 4 is 28.9 Å². The number of carbonyl (C=O) groups excluding carboxylic acids is 3. The van der Waals surface area contributed by atoms with Crippen LogP contribution in [0.15, 0.2) is 23.0 Å². The van der Waals surface area contributed by atoms with Crippen LogP contribution in [0.5, 0.6) is 5.75 Å². The third-order valence-electron chi connectivity index (χ3n) is 10.2. The largest absolute Gasteiger partial charge is 0.508 e. The Balaban J connectivity index is 1.45. The quantitative estimate of drug-likeness (QED) is 0.273. The number of primary amides is 1. The standard InChI is InChI=1S/C30H38N4O7/c1-33(2)18-9-14(12-32-15-10-29(11-15)5-6-29)23(35)20-16(18)7-13-8-17-22(34(3)4)25(37)21(28(31)40)27(39)30(17,41)26(38)19(13)24(20)36/h9,13,15,17,22,32,35-36,39,41H,5-8,10-12H2,1-4H3,(H2,31,40)/t13-,17-,22-,30-/m0/s1. The number of ketones is 2. The molecular weight excluding hydrogens is 528 g/mol. The first-order chi connectivity index (χ1) is 19.2. The molecule has 0 heterocycles. The number of anilines is 1. The number of phenols is 1. The molecule has 3 fully saturated rings. The summed E-state index contributed by atoms with van der Waals surface area (Å²) in [5, 5.41) is 49.4. The second-order valence-corrected chi connectivity index (χ2v) is 13.1. The van der Waals surface area contributed by atoms with Crippen LogP contribution < -0.4 is 16.0 Å². The highest BCUT2D eigenvalue weighted by atomic mass is 16.3. The van der Waals surface area contributed by atoms with E-state index in [1.165, 1.54) is 17.7 Å². The minimum absolute atomic E-state index is 0.0616. The van der Waals surface area contributed by atoms with Crippen LogP contribution in [0, 0.1) is 17.3 Å². The number of Topliss-reactive ketones (excluding diaryl/α,β-unsaturated/α-hetero) is 2. The van der Waals surface area contributed by atoms with Crippen LogP contribution in [-0.4, -0.2) is 88.7 Å². The smallest absolute Gasteiger partial charge is 0.255 e. The van der Waals surface area contributed by atoms with Gasteiger partial charge in [0.1, 0.15) is 22.8 Å². The average molecular weight is 567 g/mol. The second kappa shape index (κ2) is 9.04. The molecule has 0 saturated heterocycles. The molecule has 11 heteroatoms. The van der Waals surface area contributed by atoms with Gasteiger partial charge in [0.25, 0.3) is 5.91 Å². The molecule has 6 rings (SSSR count). The summed E-state index contributed by atoms with van der Waals surface area (Å²) >= 11 is 0. The fourth-order valence-corrected chi connectivity index (χ4v) is 7.85. The Morgan fingerprint density at radius 1 is 1.12 bits per heavy atom. The van der Waals surface area contributed by atoms with E-state index in [4.69, 9.17) is 5.73 Å². The SMILES string of the molecule is CN(C)c1cc(CNC2CC3(CC3)C2)c(O)c2c1C[C@H]1C[C@H]3[C@H](N(C)C)C(=O)C(C(N)=O)=C(O)[C@@]3(O)C(=O)C1=C2O. The first-order valence-corrected chi connectivity index (χ1v) is 14.1. The van der Waals surface area contributed by atoms with E-state index in [2.05, 4.69) is 5.32 Å². The second-order valence-electron chi connectivity index (χ2n) is 13.1. The third-order valence-corrected chi connectivity index (χ3v) is 10.2. The predicted octanol–water partition coefficient (Wildman–Crippen LogP) is 1.06. The number of aliphatic hydroxyl groups excluding tert-OH is 2. The van der Waals surface area contributed by atoms with Crippen LogP contribution in [0.2, 0.25) is 0 Å². The van der Waals surface area contributed by atoms with E-state index in [9.17, 15) is 34.8 Å². The molecule has 3 saturated carbocycles. The van der Waals surface area contributed by atoms with Crippen molar-refractivity contribution in [1.82, 2.24) is 10.2 Å². The summed E-state index contributed by atoms with van der Waals surface area (Å²) in [6.45, 7) is 0.380. The molecule has 1 spiro atoms. The van der Waals surface area contributed by atoms with Crippen LogP contribution in [-0.2, 0) is 27.3 Å². The number of aromatic hydroxyl groups is 1. The Hall–Kier alpha value is -3.41. The number of carbonyl (C=O) groups is 3. The molecule has 0 aliphatic heterocycles. The molecule has 1 amide bonds. The number of benzene rings is 1. The first-order valence-electron chi connectivity index (χ1n) is 14.1. The van der Waals surface area contributed by atoms with Gasteiger partial charge in [-0.05, 0) is 75.6 Å². The van der Waals surface area contributed by atoms with Crippen LogP contribution in [0.4, 0.5) is 5.69 Å². The lowest BCUT2D eigenvalue weighted by atomic mass is 9.57. The summed E-state index contributed by atoms with van der Waals surface area (Å²) < 4.78 is 0. The topological polar surface area (TPSA) is 177 Å². The Labute approximate surface area is 238 Å². The fourth-order valence-electron chi connectivity index (χ4n) is 7.85. The summed E-state index contributed by atoms with van der Waals surface area (Å²) in [6, 6.07) is 1.15. The zero-order valence-electron chi connectivity index (χ0n) is 23.8. The lowest BCUT2D eigenvalue weighted by molar-refractivity contribution is -0.153. The van der Waals surface area contributed by atoms with E-state index in [1.54, 1.807) is 14.1 Å². The number of aliphatic hydroxyl groups is 3. The van der Waals surface area contributed by atoms with Gasteiger partial charge in [0.15, 0.2) is 11.4 Å². The van der Waals surface area contributed by atoms with Gasteiger partial charge in [0.05, 0.1) is 11.6 Å². The summed E-state index contributed by atoms with van der Waals surface area (Å²) in [5.41, 5.74) is 4.44. The van der Waals surface area contributed by atoms with Crippen molar-refractivity contribution < 1.29 is 34.8 Å². The van der Waals surface area contributed by atoms with E-state index in [0.29, 0.717) is 29.1 Å². The van der Waals surface area contributed by atoms with Crippen LogP contribution in [0.1, 0.15) is 48.8 Å². The van der Waals surface area contributed by atoms with Crippen molar-refractivity contribution in [2.75, 3.05) is 33.1 Å². The van der Waals surface area contributed by atoms with Crippen molar-refractivity contribution in [3.63, 3.8) is 0 Å². The zero-order valence-corrected chi connectivity index (χ0v) is 23.8. The van der Waals surface area contributed by atoms with Gasteiger partial charge in [0, 0.05) is 49.4 Å². The number of amides is 1. The number of likely N-dealkylation sites (N-methyl/N-ethyl adjacent to an activating group) is 1. The number of nitrogens with two attached hydrogens (primary N) is 1. The summed E-state index contributed by atoms with van der Waals surface area (Å²) in [7, 11) is 6.89. The highest BCUT2D eigenvalue weighted by Gasteiger charge is 2.64. The molecular formula is C30H38N4O7. The average Bonchev–Trinajstić information content (AvgIpc) is 3.66. The molecule has 0 radical (unpaired) electrons. The molecule has 0 bridgehead atoms. The summed E-state index contributed by atoms with van der Waals surface area (Å²) in [4.78, 5) is 42.9. The van der Waals surface area contributed by atoms with Gasteiger partial charge < -0.3 is 36.4 Å². The number of hydrogen-bond acceptors (Lipinski definition) is 10. The minimum Gasteiger partial charge on any atom is -0.508 e. The normalized spacial score (nSPS) is 30.2. The number of nitrogens with one attached hydrogen (secondary N) is 1. The molecule has 7 N–H and O–H groups in total. The van der Waals surface area contributed by atoms with Gasteiger partial charge in [-0.1, -0.05) is 0 Å². The Kier molecular flexibility index (Phi) is 6.12. The van der Waals surface area contributed by atoms with Crippen molar-refractivity contribution in [2.45, 2.75) is 62.8 Å². The van der Waals surface area contributed by atoms with Gasteiger partial charge in [-0.15, -0.1) is 0 Å². The fraction of sp³-hybridized carbons (Fsp3) is 0.567. The number of hydrogen-bond donors (Lipinski definition) is 6. The van der Waals surface area contributed by atoms with Crippen molar-refractivity contribution in [3.8, 4) is 5.75 Å². The van der Waals surface area contributed by atoms with Gasteiger partial charge in [-0.25, -0.2) is 0 Å². The van der Waals surface area contributed by atoms with Crippen LogP contribution >= 0.6 is 0 Å². The molecule has 41 heavy (non-hydrogen) atoms. The van der Waals surface area contributed by atoms with Gasteiger partial charge >= 0.3 is 0 Å². The highest BCUT2D eigenvalue weighted by Crippen LogP contribution is 2.60. The molecule has 0 aromatic heterocycles. The molecule has 5 aliphatic rings. The first kappa shape index (κ1) is 27.7. The monoisotopic (exact) mass is 566 g/mol. The number of rotatable bonds is 6. The van der Waals surface area contributed by atoms with E-state index >= 15 is 0 Å². The van der Waals surface area contributed by atoms with E-state index in [-0.39, 0.29) is 29.7 Å². The Morgan fingerprint density at radius 3 is 2.34 bits per heavy atom. The molecule has 11 nitrogen and oxygen atoms in total. The van der Waals surface area contributed by atoms with Crippen molar-refractivity contribution in [2.24, 2.45) is 23.0 Å². The number of fused-ring (bicyclic) bond motifs is 3. The highest BCUT2D eigenvalue weighted by molar-refractivity contribution is 6.24. The van der Waals surface area contributed by atoms with E-state index in [0.717, 1.165) is 18.5 Å². The Morgan fingerprint density at radius 2 is 1.78 bits per heavy atom. The number of nitrogens with zero attached hydrogens (tertiary/aromatic N) is 2. The molecule has 0 unspecified atom stereocenters. The lowest BCUT2D eigenvalue weighted by Crippen LogP contribution is -2.65. The molecule has 5 aliphatic carbocycles. The maximum absolute atomic E-state index is 14.1. The van der Waals surface area contributed by atoms with Gasteiger partial charge in [-0.3, -0.25) is 19.3 Å². The molecule has 1 aromatic carbocycles. The summed E-state index contributed by atoms with van der Waals surface area (Å²) in [5.74, 6) is -6.43. The maximum atomic E-state index is 14.1. The van der Waals surface area contributed by atoms with E-state index in [1.807, 2.05) is 25.1 Å². The maximum Gasteiger partial charge on any atom is 0.255 e. The zero-order chi connectivity index (χ0) is 29.8. The molecule has 4 atom stereocenters. The van der Waals surface area contributed by atoms with Gasteiger partial charge in [-0.2, -0.15) is 0 Å². The Bertz CT molecular complexity index is 1450. The summed E-state index contributed by atoms with van der Waals surface area (Å²) in [6.07, 6.45) is 5.11. The van der Waals surface area contributed by atoms with E-state index < -0.39 is 58.0 Å². The van der Waals surface area contributed by atoms with Crippen LogP contribution in [0.3, 0.4) is 0 Å². The lowest BCUT2D eigenvalue weighted by Gasteiger charge is -2.50. The molecule has 1 aromatic rings. The minimum atomic E-state index is -2.65. The van der Waals surface area contributed by atoms with Crippen LogP contribution in [0.25, 0.3) is 5.76 Å². The third kappa shape index (κ3) is 3.85.